The minimum Gasteiger partial charge on any atom is -0.478 e. The quantitative estimate of drug-likeness (QED) is 0.864. The van der Waals surface area contributed by atoms with Crippen LogP contribution in [0.25, 0.3) is 5.69 Å². The van der Waals surface area contributed by atoms with E-state index in [9.17, 15) is 13.2 Å². The maximum absolute atomic E-state index is 11.5. The minimum absolute atomic E-state index is 0.407. The first kappa shape index (κ1) is 12.6. The number of nitrogens with zero attached hydrogens (tertiary/aromatic N) is 2. The van der Waals surface area contributed by atoms with Crippen LogP contribution in [0.3, 0.4) is 0 Å². The van der Waals surface area contributed by atoms with Crippen LogP contribution in [0.5, 0.6) is 0 Å². The maximum atomic E-state index is 11.5. The van der Waals surface area contributed by atoms with E-state index in [4.69, 9.17) is 15.8 Å². The molecule has 0 aliphatic rings. The highest BCUT2D eigenvalue weighted by Crippen LogP contribution is 2.23. The van der Waals surface area contributed by atoms with Crippen molar-refractivity contribution in [2.45, 2.75) is 5.03 Å². The molecule has 94 valence electrons. The summed E-state index contributed by atoms with van der Waals surface area (Å²) in [7, 11) is 1.03. The van der Waals surface area contributed by atoms with Gasteiger partial charge in [0.05, 0.1) is 11.9 Å². The van der Waals surface area contributed by atoms with Crippen LogP contribution in [0.1, 0.15) is 10.4 Å². The molecular weight excluding hydrogens is 280 g/mol. The second-order valence-electron chi connectivity index (χ2n) is 3.35. The van der Waals surface area contributed by atoms with Crippen LogP contribution in [0.4, 0.5) is 0 Å². The largest absolute Gasteiger partial charge is 0.478 e. The van der Waals surface area contributed by atoms with Gasteiger partial charge in [0.15, 0.2) is 5.03 Å². The number of aromatic nitrogens is 2. The molecule has 0 aliphatic carbocycles. The van der Waals surface area contributed by atoms with Crippen LogP contribution in [-0.2, 0) is 9.05 Å². The summed E-state index contributed by atoms with van der Waals surface area (Å²) < 4.78 is 23.9. The first-order valence-corrected chi connectivity index (χ1v) is 7.03. The molecule has 18 heavy (non-hydrogen) atoms. The molecule has 0 aliphatic heterocycles. The fraction of sp³-hybridized carbons (Fsp3) is 0. The van der Waals surface area contributed by atoms with Crippen LogP contribution in [0.15, 0.2) is 41.6 Å². The number of carboxylic acids is 1. The number of benzene rings is 1. The molecule has 6 nitrogen and oxygen atoms in total. The Hall–Kier alpha value is -1.86. The Bertz CT molecular complexity index is 694. The maximum Gasteiger partial charge on any atom is 0.340 e. The smallest absolute Gasteiger partial charge is 0.340 e. The lowest BCUT2D eigenvalue weighted by Crippen LogP contribution is -2.09. The highest BCUT2D eigenvalue weighted by Gasteiger charge is 2.27. The van der Waals surface area contributed by atoms with Gasteiger partial charge in [-0.25, -0.2) is 17.9 Å². The number of rotatable bonds is 3. The van der Waals surface area contributed by atoms with E-state index < -0.39 is 25.6 Å². The summed E-state index contributed by atoms with van der Waals surface area (Å²) >= 11 is 0. The van der Waals surface area contributed by atoms with Gasteiger partial charge in [0, 0.05) is 10.7 Å². The van der Waals surface area contributed by atoms with Gasteiger partial charge in [-0.1, -0.05) is 18.2 Å². The molecule has 1 N–H and O–H groups in total. The SMILES string of the molecule is O=C(O)c1cnn(-c2ccccc2)c1S(=O)(=O)Cl. The Morgan fingerprint density at radius 3 is 2.39 bits per heavy atom. The highest BCUT2D eigenvalue weighted by atomic mass is 35.7. The fourth-order valence-electron chi connectivity index (χ4n) is 1.47. The fourth-order valence-corrected chi connectivity index (χ4v) is 2.68. The van der Waals surface area contributed by atoms with E-state index in [1.165, 1.54) is 0 Å². The Morgan fingerprint density at radius 2 is 1.89 bits per heavy atom. The monoisotopic (exact) mass is 286 g/mol. The number of carboxylic acid groups (broad SMARTS) is 1. The van der Waals surface area contributed by atoms with E-state index in [0.29, 0.717) is 5.69 Å². The van der Waals surface area contributed by atoms with Crippen molar-refractivity contribution in [3.63, 3.8) is 0 Å². The molecule has 1 heterocycles. The summed E-state index contributed by atoms with van der Waals surface area (Å²) in [6, 6.07) is 8.25. The lowest BCUT2D eigenvalue weighted by Gasteiger charge is -2.05. The average Bonchev–Trinajstić information content (AvgIpc) is 2.74. The molecule has 0 radical (unpaired) electrons. The molecule has 0 saturated carbocycles. The van der Waals surface area contributed by atoms with Crippen molar-refractivity contribution in [2.24, 2.45) is 0 Å². The lowest BCUT2D eigenvalue weighted by molar-refractivity contribution is 0.0692. The van der Waals surface area contributed by atoms with Gasteiger partial charge in [0.1, 0.15) is 5.56 Å². The summed E-state index contributed by atoms with van der Waals surface area (Å²) in [4.78, 5) is 10.9. The van der Waals surface area contributed by atoms with E-state index in [0.717, 1.165) is 10.9 Å². The van der Waals surface area contributed by atoms with E-state index in [1.807, 2.05) is 0 Å². The molecule has 1 aromatic carbocycles. The molecule has 8 heteroatoms. The van der Waals surface area contributed by atoms with E-state index in [2.05, 4.69) is 5.10 Å². The molecule has 0 amide bonds. The molecule has 0 atom stereocenters. The summed E-state index contributed by atoms with van der Waals surface area (Å²) in [6.07, 6.45) is 0.949. The zero-order valence-electron chi connectivity index (χ0n) is 8.82. The highest BCUT2D eigenvalue weighted by molar-refractivity contribution is 8.13. The van der Waals surface area contributed by atoms with Crippen LogP contribution >= 0.6 is 10.7 Å². The van der Waals surface area contributed by atoms with Crippen LogP contribution in [0, 0.1) is 0 Å². The molecule has 2 aromatic rings. The molecule has 2 rings (SSSR count). The molecule has 0 spiro atoms. The van der Waals surface area contributed by atoms with Crippen molar-refractivity contribution >= 4 is 25.7 Å². The summed E-state index contributed by atoms with van der Waals surface area (Å²) in [5.74, 6) is -1.41. The summed E-state index contributed by atoms with van der Waals surface area (Å²) in [5.41, 5.74) is -0.0573. The molecular formula is C10H7ClN2O4S. The van der Waals surface area contributed by atoms with Gasteiger partial charge < -0.3 is 5.11 Å². The predicted octanol–water partition coefficient (Wildman–Crippen LogP) is 1.50. The van der Waals surface area contributed by atoms with Crippen molar-refractivity contribution in [3.05, 3.63) is 42.1 Å². The van der Waals surface area contributed by atoms with E-state index in [-0.39, 0.29) is 0 Å². The van der Waals surface area contributed by atoms with Gasteiger partial charge in [-0.15, -0.1) is 0 Å². The van der Waals surface area contributed by atoms with Gasteiger partial charge in [-0.3, -0.25) is 0 Å². The molecule has 1 aromatic heterocycles. The third-order valence-electron chi connectivity index (χ3n) is 2.19. The first-order chi connectivity index (χ1) is 8.41. The Balaban J connectivity index is 2.75. The summed E-state index contributed by atoms with van der Waals surface area (Å²) in [5, 5.41) is 12.1. The van der Waals surface area contributed by atoms with Gasteiger partial charge in [-0.05, 0) is 12.1 Å². The number of halogens is 1. The second kappa shape index (κ2) is 4.43. The number of hydrogen-bond acceptors (Lipinski definition) is 4. The molecule has 0 fully saturated rings. The molecule has 0 bridgehead atoms. The zero-order valence-corrected chi connectivity index (χ0v) is 10.4. The Morgan fingerprint density at radius 1 is 1.28 bits per heavy atom. The van der Waals surface area contributed by atoms with Crippen molar-refractivity contribution < 1.29 is 18.3 Å². The van der Waals surface area contributed by atoms with Gasteiger partial charge in [0.2, 0.25) is 0 Å². The van der Waals surface area contributed by atoms with Crippen LogP contribution in [-0.4, -0.2) is 29.3 Å². The van der Waals surface area contributed by atoms with Crippen LogP contribution in [0.2, 0.25) is 0 Å². The number of carbonyl (C=O) groups is 1. The predicted molar refractivity (Wildman–Crippen MR) is 63.6 cm³/mol. The van der Waals surface area contributed by atoms with E-state index >= 15 is 0 Å². The first-order valence-electron chi connectivity index (χ1n) is 4.72. The van der Waals surface area contributed by atoms with Crippen LogP contribution < -0.4 is 0 Å². The number of para-hydroxylation sites is 1. The topological polar surface area (TPSA) is 89.3 Å². The third-order valence-corrected chi connectivity index (χ3v) is 3.48. The van der Waals surface area contributed by atoms with Gasteiger partial charge in [-0.2, -0.15) is 5.10 Å². The lowest BCUT2D eigenvalue weighted by atomic mass is 10.3. The van der Waals surface area contributed by atoms with Crippen molar-refractivity contribution in [2.75, 3.05) is 0 Å². The number of aromatic carboxylic acids is 1. The minimum atomic E-state index is -4.22. The zero-order chi connectivity index (χ0) is 13.3. The normalized spacial score (nSPS) is 11.4. The van der Waals surface area contributed by atoms with Crippen molar-refractivity contribution in [1.29, 1.82) is 0 Å². The van der Waals surface area contributed by atoms with E-state index in [1.54, 1.807) is 30.3 Å². The summed E-state index contributed by atoms with van der Waals surface area (Å²) in [6.45, 7) is 0. The van der Waals surface area contributed by atoms with Crippen molar-refractivity contribution in [3.8, 4) is 5.69 Å². The Kier molecular flexibility index (Phi) is 3.10. The standard InChI is InChI=1S/C10H7ClN2O4S/c11-18(16,17)9-8(10(14)15)6-12-13(9)7-4-2-1-3-5-7/h1-6H,(H,14,15). The average molecular weight is 287 g/mol. The molecule has 0 saturated heterocycles. The van der Waals surface area contributed by atoms with Gasteiger partial charge in [0.25, 0.3) is 9.05 Å². The van der Waals surface area contributed by atoms with Crippen molar-refractivity contribution in [1.82, 2.24) is 9.78 Å². The molecule has 0 unspecified atom stereocenters. The Labute approximate surface area is 107 Å². The van der Waals surface area contributed by atoms with Gasteiger partial charge >= 0.3 is 5.97 Å². The second-order valence-corrected chi connectivity index (χ2v) is 5.83. The number of hydrogen-bond donors (Lipinski definition) is 1. The third kappa shape index (κ3) is 2.22.